The quantitative estimate of drug-likeness (QED) is 0.212. The Hall–Kier alpha value is -3.94. The monoisotopic (exact) mass is 570 g/mol. The fourth-order valence-corrected chi connectivity index (χ4v) is 7.24. The van der Waals surface area contributed by atoms with Gasteiger partial charge in [0.15, 0.2) is 11.4 Å². The SMILES string of the molecule is CCN1CCC[C@H]1c1cc(O)c2c(c1OC)C[C@H]1C[C@H]3[C@H](NCC(N)=O)C(O)=C(C(N)=O)C(=O)[C@@]3(O)C(O)=C1C2=O. The molecular weight excluding hydrogens is 536 g/mol. The van der Waals surface area contributed by atoms with Gasteiger partial charge in [-0.2, -0.15) is 0 Å². The Kier molecular flexibility index (Phi) is 7.08. The van der Waals surface area contributed by atoms with E-state index in [2.05, 4.69) is 10.2 Å². The van der Waals surface area contributed by atoms with E-state index in [1.54, 1.807) is 0 Å². The highest BCUT2D eigenvalue weighted by Crippen LogP contribution is 2.54. The van der Waals surface area contributed by atoms with Gasteiger partial charge in [0.2, 0.25) is 11.7 Å². The van der Waals surface area contributed by atoms with Crippen molar-refractivity contribution in [1.29, 1.82) is 0 Å². The summed E-state index contributed by atoms with van der Waals surface area (Å²) < 4.78 is 5.81. The number of aliphatic hydroxyl groups excluding tert-OH is 2. The van der Waals surface area contributed by atoms with Gasteiger partial charge in [-0.05, 0) is 50.8 Å². The lowest BCUT2D eigenvalue weighted by atomic mass is 9.58. The van der Waals surface area contributed by atoms with Gasteiger partial charge in [0.25, 0.3) is 5.91 Å². The molecule has 0 unspecified atom stereocenters. The zero-order valence-electron chi connectivity index (χ0n) is 22.8. The van der Waals surface area contributed by atoms with Gasteiger partial charge in [0, 0.05) is 28.7 Å². The van der Waals surface area contributed by atoms with Crippen LogP contribution >= 0.6 is 0 Å². The first-order chi connectivity index (χ1) is 19.4. The van der Waals surface area contributed by atoms with Crippen LogP contribution in [0.2, 0.25) is 0 Å². The Labute approximate surface area is 235 Å². The van der Waals surface area contributed by atoms with E-state index in [1.165, 1.54) is 13.2 Å². The van der Waals surface area contributed by atoms with Crippen LogP contribution in [0.4, 0.5) is 0 Å². The van der Waals surface area contributed by atoms with Crippen LogP contribution in [0.1, 0.15) is 53.7 Å². The smallest absolute Gasteiger partial charge is 0.255 e. The number of methoxy groups -OCH3 is 1. The molecule has 3 aliphatic carbocycles. The summed E-state index contributed by atoms with van der Waals surface area (Å²) in [6.07, 6.45) is 1.77. The van der Waals surface area contributed by atoms with Gasteiger partial charge in [-0.15, -0.1) is 0 Å². The molecular formula is C28H34N4O9. The Morgan fingerprint density at radius 3 is 2.54 bits per heavy atom. The molecule has 0 aromatic heterocycles. The molecule has 13 nitrogen and oxygen atoms in total. The fraction of sp³-hybridized carbons (Fsp3) is 0.500. The predicted molar refractivity (Wildman–Crippen MR) is 143 cm³/mol. The van der Waals surface area contributed by atoms with Crippen molar-refractivity contribution in [3.63, 3.8) is 0 Å². The minimum Gasteiger partial charge on any atom is -0.510 e. The average molecular weight is 571 g/mol. The van der Waals surface area contributed by atoms with Gasteiger partial charge in [-0.1, -0.05) is 6.92 Å². The van der Waals surface area contributed by atoms with Gasteiger partial charge in [-0.25, -0.2) is 0 Å². The van der Waals surface area contributed by atoms with Gasteiger partial charge in [0.1, 0.15) is 28.6 Å². The summed E-state index contributed by atoms with van der Waals surface area (Å²) in [5.74, 6) is -8.10. The van der Waals surface area contributed by atoms with E-state index in [0.29, 0.717) is 11.3 Å². The van der Waals surface area contributed by atoms with Crippen LogP contribution in [0.15, 0.2) is 28.7 Å². The number of hydrogen-bond acceptors (Lipinski definition) is 11. The number of phenolic OH excluding ortho intramolecular Hbond substituents is 1. The second-order valence-electron chi connectivity index (χ2n) is 11.0. The molecule has 0 spiro atoms. The minimum atomic E-state index is -2.82. The molecule has 5 rings (SSSR count). The number of rotatable bonds is 7. The number of nitrogens with two attached hydrogens (primary N) is 2. The van der Waals surface area contributed by atoms with Crippen molar-refractivity contribution in [3.05, 3.63) is 45.4 Å². The van der Waals surface area contributed by atoms with Crippen molar-refractivity contribution >= 4 is 23.4 Å². The molecule has 1 saturated heterocycles. The standard InChI is InChI=1S/C28H34N4O9/c1-3-32-6-4-5-15(32)12-9-16(33)19-13(24(12)41-2)7-11-8-14-21(31-10-17(29)34)23(36)20(27(30)39)26(38)28(14,40)25(37)18(11)22(19)35/h9,11,14-15,21,31,33,36-37,40H,3-8,10H2,1-2H3,(H2,29,34)(H2,30,39)/t11-,14-,15-,21-,28-/m0/s1. The highest BCUT2D eigenvalue weighted by atomic mass is 16.5. The van der Waals surface area contributed by atoms with Crippen molar-refractivity contribution in [3.8, 4) is 11.5 Å². The number of phenols is 1. The summed E-state index contributed by atoms with van der Waals surface area (Å²) in [4.78, 5) is 53.2. The molecule has 4 aliphatic rings. The molecule has 1 aliphatic heterocycles. The van der Waals surface area contributed by atoms with Crippen molar-refractivity contribution in [1.82, 2.24) is 10.2 Å². The first-order valence-corrected chi connectivity index (χ1v) is 13.5. The summed E-state index contributed by atoms with van der Waals surface area (Å²) in [5.41, 5.74) is 7.57. The minimum absolute atomic E-state index is 0.0318. The van der Waals surface area contributed by atoms with Crippen LogP contribution in [0.3, 0.4) is 0 Å². The van der Waals surface area contributed by atoms with E-state index in [9.17, 15) is 39.6 Å². The number of ketones is 2. The molecule has 9 N–H and O–H groups in total. The van der Waals surface area contributed by atoms with E-state index in [0.717, 1.165) is 31.5 Å². The molecule has 0 radical (unpaired) electrons. The molecule has 2 amide bonds. The number of Topliss-reactive ketones (excluding diaryl/α,β-unsaturated/α-hetero) is 2. The molecule has 13 heteroatoms. The number of nitrogens with zero attached hydrogens (tertiary/aromatic N) is 1. The number of carbonyl (C=O) groups excluding carboxylic acids is 4. The normalized spacial score (nSPS) is 29.7. The highest BCUT2D eigenvalue weighted by Gasteiger charge is 2.63. The number of hydrogen-bond donors (Lipinski definition) is 7. The first kappa shape index (κ1) is 28.6. The van der Waals surface area contributed by atoms with Gasteiger partial charge in [-0.3, -0.25) is 29.4 Å². The van der Waals surface area contributed by atoms with Crippen molar-refractivity contribution in [2.75, 3.05) is 26.7 Å². The summed E-state index contributed by atoms with van der Waals surface area (Å²) in [7, 11) is 1.48. The molecule has 1 heterocycles. The molecule has 0 saturated carbocycles. The molecule has 220 valence electrons. The third-order valence-electron chi connectivity index (χ3n) is 9.01. The van der Waals surface area contributed by atoms with E-state index in [-0.39, 0.29) is 35.8 Å². The molecule has 1 aromatic rings. The molecule has 41 heavy (non-hydrogen) atoms. The van der Waals surface area contributed by atoms with E-state index >= 15 is 0 Å². The lowest BCUT2D eigenvalue weighted by Crippen LogP contribution is -2.64. The second kappa shape index (κ2) is 10.2. The Bertz CT molecular complexity index is 1430. The van der Waals surface area contributed by atoms with Crippen LogP contribution in [0.25, 0.3) is 0 Å². The maximum atomic E-state index is 13.9. The topological polar surface area (TPSA) is 226 Å². The van der Waals surface area contributed by atoms with Crippen LogP contribution in [0.5, 0.6) is 11.5 Å². The summed E-state index contributed by atoms with van der Waals surface area (Å²) in [6, 6.07) is 0.0791. The summed E-state index contributed by atoms with van der Waals surface area (Å²) in [5, 5.41) is 47.7. The summed E-state index contributed by atoms with van der Waals surface area (Å²) in [6.45, 7) is 3.21. The van der Waals surface area contributed by atoms with Gasteiger partial charge >= 0.3 is 0 Å². The molecule has 0 bridgehead atoms. The number of allylic oxidation sites excluding steroid dienone is 1. The van der Waals surface area contributed by atoms with Crippen molar-refractivity contribution in [2.24, 2.45) is 23.3 Å². The van der Waals surface area contributed by atoms with Crippen LogP contribution in [-0.4, -0.2) is 87.1 Å². The molecule has 1 aromatic carbocycles. The Balaban J connectivity index is 1.67. The van der Waals surface area contributed by atoms with Crippen LogP contribution in [0, 0.1) is 11.8 Å². The number of nitrogens with one attached hydrogen (secondary N) is 1. The number of carbonyl (C=O) groups is 4. The number of aromatic hydroxyl groups is 1. The van der Waals surface area contributed by atoms with Crippen molar-refractivity contribution in [2.45, 2.75) is 50.3 Å². The summed E-state index contributed by atoms with van der Waals surface area (Å²) >= 11 is 0. The number of fused-ring (bicyclic) bond motifs is 3. The number of likely N-dealkylation sites (tertiary alicyclic amines) is 1. The molecule has 5 atom stereocenters. The van der Waals surface area contributed by atoms with Crippen molar-refractivity contribution < 1.29 is 44.3 Å². The number of aliphatic hydroxyl groups is 3. The third kappa shape index (κ3) is 4.10. The highest BCUT2D eigenvalue weighted by molar-refractivity contribution is 6.24. The number of amides is 2. The average Bonchev–Trinajstić information content (AvgIpc) is 3.39. The predicted octanol–water partition coefficient (Wildman–Crippen LogP) is -0.201. The maximum Gasteiger partial charge on any atom is 0.255 e. The number of primary amides is 2. The van der Waals surface area contributed by atoms with Crippen LogP contribution < -0.4 is 21.5 Å². The maximum absolute atomic E-state index is 13.9. The third-order valence-corrected chi connectivity index (χ3v) is 9.01. The Morgan fingerprint density at radius 1 is 1.22 bits per heavy atom. The fourth-order valence-electron chi connectivity index (χ4n) is 7.24. The Morgan fingerprint density at radius 2 is 1.93 bits per heavy atom. The number of benzene rings is 1. The van der Waals surface area contributed by atoms with Crippen LogP contribution in [-0.2, 0) is 20.8 Å². The lowest BCUT2D eigenvalue weighted by Gasteiger charge is -2.48. The van der Waals surface area contributed by atoms with E-state index < -0.39 is 70.5 Å². The zero-order chi connectivity index (χ0) is 30.0. The number of ether oxygens (including phenoxy) is 1. The second-order valence-corrected chi connectivity index (χ2v) is 11.0. The first-order valence-electron chi connectivity index (χ1n) is 13.5. The van der Waals surface area contributed by atoms with Gasteiger partial charge < -0.3 is 36.6 Å². The molecule has 1 fully saturated rings. The van der Waals surface area contributed by atoms with Gasteiger partial charge in [0.05, 0.1) is 25.3 Å². The zero-order valence-corrected chi connectivity index (χ0v) is 22.8. The van der Waals surface area contributed by atoms with E-state index in [4.69, 9.17) is 16.2 Å². The lowest BCUT2D eigenvalue weighted by molar-refractivity contribution is -0.146. The largest absolute Gasteiger partial charge is 0.510 e. The van der Waals surface area contributed by atoms with E-state index in [1.807, 2.05) is 6.92 Å².